The largest absolute Gasteiger partial charge is 2.00 e. The zero-order chi connectivity index (χ0) is 20.4. The van der Waals surface area contributed by atoms with Gasteiger partial charge in [-0.15, -0.1) is 7.77 Å². The van der Waals surface area contributed by atoms with Crippen molar-refractivity contribution in [1.82, 2.24) is 0 Å². The van der Waals surface area contributed by atoms with Gasteiger partial charge in [0.2, 0.25) is 20.8 Å². The van der Waals surface area contributed by atoms with E-state index in [-0.39, 0.29) is 19.5 Å². The average Bonchev–Trinajstić information content (AvgIpc) is 2.05. The quantitative estimate of drug-likeness (QED) is 0.296. The fraction of sp³-hybridized carbons (Fsp3) is 1.00. The van der Waals surface area contributed by atoms with Gasteiger partial charge >= 0.3 is 30.5 Å². The van der Waals surface area contributed by atoms with E-state index in [1.807, 2.05) is 0 Å². The molecule has 0 aliphatic heterocycles. The van der Waals surface area contributed by atoms with Gasteiger partial charge in [-0.05, 0) is 0 Å². The van der Waals surface area contributed by atoms with Crippen LogP contribution in [0.15, 0.2) is 0 Å². The van der Waals surface area contributed by atoms with Gasteiger partial charge in [-0.3, -0.25) is 0 Å². The van der Waals surface area contributed by atoms with Crippen LogP contribution < -0.4 is 0 Å². The van der Waals surface area contributed by atoms with Crippen molar-refractivity contribution in [1.29, 1.82) is 0 Å². The van der Waals surface area contributed by atoms with Crippen LogP contribution in [0.5, 0.6) is 0 Å². The molecule has 0 N–H and O–H groups in total. The molecular formula is C2F8N2O8S4Zn. The molecule has 0 fully saturated rings. The summed E-state index contributed by atoms with van der Waals surface area (Å²) < 4.78 is 169. The maximum Gasteiger partial charge on any atom is 2.00 e. The molecule has 25 heavy (non-hydrogen) atoms. The molecular weight excluding hydrogens is 526 g/mol. The van der Waals surface area contributed by atoms with Crippen LogP contribution in [-0.2, 0) is 60.3 Å². The monoisotopic (exact) mass is 524 g/mol. The van der Waals surface area contributed by atoms with E-state index in [0.717, 1.165) is 8.25 Å². The fourth-order valence-corrected chi connectivity index (χ4v) is 2.87. The van der Waals surface area contributed by atoms with Crippen LogP contribution in [0.4, 0.5) is 34.1 Å². The van der Waals surface area contributed by atoms with Crippen LogP contribution in [0.1, 0.15) is 0 Å². The molecule has 0 rings (SSSR count). The summed E-state index contributed by atoms with van der Waals surface area (Å²) in [5, 5.41) is 0. The molecule has 10 nitrogen and oxygen atoms in total. The van der Waals surface area contributed by atoms with Gasteiger partial charge in [-0.1, -0.05) is 0 Å². The number of rotatable bonds is 4. The van der Waals surface area contributed by atoms with Gasteiger partial charge in [0, 0.05) is 0 Å². The molecule has 0 amide bonds. The van der Waals surface area contributed by atoms with Gasteiger partial charge in [0.05, 0.1) is 0 Å². The first-order valence-corrected chi connectivity index (χ1v) is 9.48. The van der Waals surface area contributed by atoms with E-state index in [2.05, 4.69) is 0 Å². The minimum Gasteiger partial charge on any atom is -0.400 e. The summed E-state index contributed by atoms with van der Waals surface area (Å²) in [7, 11) is -24.7. The Hall–Kier alpha value is -0.217. The van der Waals surface area contributed by atoms with Gasteiger partial charge in [0.1, 0.15) is 0 Å². The van der Waals surface area contributed by atoms with E-state index >= 15 is 0 Å². The predicted octanol–water partition coefficient (Wildman–Crippen LogP) is 0.846. The number of sulfonamides is 2. The standard InChI is InChI=1S/2CF4NO4S2.Zn/c2*2-1(3,4)11(7,8)6-12(5,9)10;/q2*-1;+2. The molecule has 0 bridgehead atoms. The van der Waals surface area contributed by atoms with E-state index in [0.29, 0.717) is 0 Å². The summed E-state index contributed by atoms with van der Waals surface area (Å²) in [6, 6.07) is 0. The van der Waals surface area contributed by atoms with Crippen LogP contribution in [0.3, 0.4) is 0 Å². The van der Waals surface area contributed by atoms with Crippen LogP contribution in [0, 0.1) is 0 Å². The Kier molecular flexibility index (Phi) is 10.2. The summed E-state index contributed by atoms with van der Waals surface area (Å²) in [5.74, 6) is 0. The van der Waals surface area contributed by atoms with E-state index in [4.69, 9.17) is 0 Å². The second-order valence-electron chi connectivity index (χ2n) is 2.81. The molecule has 148 valence electrons. The number of nitrogens with zero attached hydrogens (tertiary/aromatic N) is 2. The third-order valence-electron chi connectivity index (χ3n) is 0.959. The first kappa shape index (κ1) is 29.5. The van der Waals surface area contributed by atoms with E-state index in [1.54, 1.807) is 0 Å². The minimum absolute atomic E-state index is 0. The minimum atomic E-state index is -6.29. The second kappa shape index (κ2) is 8.65. The second-order valence-corrected chi connectivity index (χ2v) is 8.48. The van der Waals surface area contributed by atoms with E-state index in [1.165, 1.54) is 0 Å². The Labute approximate surface area is 147 Å². The fourth-order valence-electron chi connectivity index (χ4n) is 0.319. The van der Waals surface area contributed by atoms with Crippen molar-refractivity contribution >= 4 is 40.9 Å². The summed E-state index contributed by atoms with van der Waals surface area (Å²) in [5.41, 5.74) is -11.8. The topological polar surface area (TPSA) is 165 Å². The van der Waals surface area contributed by atoms with Crippen molar-refractivity contribution in [2.24, 2.45) is 0 Å². The van der Waals surface area contributed by atoms with E-state index < -0.39 is 51.9 Å². The summed E-state index contributed by atoms with van der Waals surface area (Å²) in [6.07, 6.45) is 0. The number of alkyl halides is 6. The normalized spacial score (nSPS) is 14.1. The van der Waals surface area contributed by atoms with Crippen molar-refractivity contribution in [3.05, 3.63) is 8.25 Å². The number of hydrogen-bond donors (Lipinski definition) is 0. The smallest absolute Gasteiger partial charge is 0.400 e. The first-order valence-electron chi connectivity index (χ1n) is 3.91. The third kappa shape index (κ3) is 12.7. The first-order chi connectivity index (χ1) is 9.91. The Morgan fingerprint density at radius 1 is 0.520 bits per heavy atom. The molecule has 0 unspecified atom stereocenters. The van der Waals surface area contributed by atoms with Crippen molar-refractivity contribution in [3.8, 4) is 0 Å². The van der Waals surface area contributed by atoms with Gasteiger partial charge in [-0.2, -0.15) is 26.3 Å². The predicted molar refractivity (Wildman–Crippen MR) is 56.7 cm³/mol. The van der Waals surface area contributed by atoms with Gasteiger partial charge in [-0.25, -0.2) is 33.7 Å². The maximum atomic E-state index is 11.3. The molecule has 0 radical (unpaired) electrons. The maximum absolute atomic E-state index is 11.3. The Morgan fingerprint density at radius 2 is 0.680 bits per heavy atom. The van der Waals surface area contributed by atoms with Crippen molar-refractivity contribution < 1.29 is 87.3 Å². The summed E-state index contributed by atoms with van der Waals surface area (Å²) in [4.78, 5) is 0. The van der Waals surface area contributed by atoms with Gasteiger partial charge in [0.15, 0.2) is 20.0 Å². The van der Waals surface area contributed by atoms with Crippen LogP contribution in [-0.4, -0.2) is 44.7 Å². The Bertz CT molecular complexity index is 778. The number of hydrogen-bond acceptors (Lipinski definition) is 8. The molecule has 0 aromatic carbocycles. The molecule has 0 spiro atoms. The molecule has 0 aliphatic rings. The molecule has 0 aromatic heterocycles. The molecule has 23 heteroatoms. The SMILES string of the molecule is O=S(=O)(F)[N-]S(=O)(=O)C(F)(F)F.O=S(=O)(F)[N-]S(=O)(=O)C(F)(F)F.[Zn+2]. The molecule has 0 aliphatic carbocycles. The molecule has 0 saturated heterocycles. The van der Waals surface area contributed by atoms with Crippen molar-refractivity contribution in [3.63, 3.8) is 0 Å². The number of halogens is 8. The van der Waals surface area contributed by atoms with E-state index in [9.17, 15) is 67.8 Å². The summed E-state index contributed by atoms with van der Waals surface area (Å²) >= 11 is 0. The zero-order valence-corrected chi connectivity index (χ0v) is 16.8. The molecule has 0 aromatic rings. The van der Waals surface area contributed by atoms with Crippen LogP contribution in [0.25, 0.3) is 8.25 Å². The Balaban J connectivity index is -0.000000372. The summed E-state index contributed by atoms with van der Waals surface area (Å²) in [6.45, 7) is 0. The molecule has 0 saturated carbocycles. The Morgan fingerprint density at radius 3 is 0.720 bits per heavy atom. The van der Waals surface area contributed by atoms with Gasteiger partial charge in [0.25, 0.3) is 0 Å². The molecule has 0 heterocycles. The van der Waals surface area contributed by atoms with Crippen LogP contribution in [0.2, 0.25) is 0 Å². The van der Waals surface area contributed by atoms with Gasteiger partial charge < -0.3 is 8.25 Å². The third-order valence-corrected chi connectivity index (χ3v) is 5.12. The zero-order valence-electron chi connectivity index (χ0n) is 10.5. The van der Waals surface area contributed by atoms with Crippen molar-refractivity contribution in [2.45, 2.75) is 11.0 Å². The molecule has 0 atom stereocenters. The van der Waals surface area contributed by atoms with Crippen LogP contribution >= 0.6 is 0 Å². The average molecular weight is 526 g/mol. The van der Waals surface area contributed by atoms with Crippen molar-refractivity contribution in [2.75, 3.05) is 0 Å².